The molecule has 7 rings (SSSR count). The summed E-state index contributed by atoms with van der Waals surface area (Å²) >= 11 is 0. The summed E-state index contributed by atoms with van der Waals surface area (Å²) in [5.41, 5.74) is 9.45. The third kappa shape index (κ3) is 3.15. The van der Waals surface area contributed by atoms with Gasteiger partial charge in [-0.05, 0) is 140 Å². The van der Waals surface area contributed by atoms with Crippen LogP contribution in [0.5, 0.6) is 0 Å². The molecule has 3 aliphatic rings. The Hall–Kier alpha value is -2.69. The molecule has 0 aromatic heterocycles. The summed E-state index contributed by atoms with van der Waals surface area (Å²) < 4.78 is 0. The van der Waals surface area contributed by atoms with E-state index in [9.17, 15) is 0 Å². The molecule has 4 aromatic rings. The Labute approximate surface area is 204 Å². The molecular formula is C33H32P+. The summed E-state index contributed by atoms with van der Waals surface area (Å²) in [5.74, 6) is 0. The molecule has 168 valence electrons. The van der Waals surface area contributed by atoms with Crippen molar-refractivity contribution >= 4 is 28.5 Å². The molecule has 0 aliphatic heterocycles. The fraction of sp³-hybridized carbons (Fsp3) is 0.273. The molecule has 3 aliphatic carbocycles. The van der Waals surface area contributed by atoms with Crippen LogP contribution in [0.25, 0.3) is 0 Å². The molecule has 4 aromatic carbocycles. The van der Waals surface area contributed by atoms with E-state index in [4.69, 9.17) is 0 Å². The summed E-state index contributed by atoms with van der Waals surface area (Å²) in [7, 11) is -2.00. The van der Waals surface area contributed by atoms with Crippen molar-refractivity contribution < 1.29 is 0 Å². The first-order valence-electron chi connectivity index (χ1n) is 13.1. The Bertz CT molecular complexity index is 1240. The van der Waals surface area contributed by atoms with Crippen molar-refractivity contribution in [1.29, 1.82) is 0 Å². The topological polar surface area (TPSA) is 0 Å². The van der Waals surface area contributed by atoms with Gasteiger partial charge in [-0.3, -0.25) is 0 Å². The average Bonchev–Trinajstić information content (AvgIpc) is 3.64. The van der Waals surface area contributed by atoms with Crippen molar-refractivity contribution in [2.75, 3.05) is 0 Å². The van der Waals surface area contributed by atoms with Gasteiger partial charge in [0.1, 0.15) is 28.5 Å². The van der Waals surface area contributed by atoms with Crippen LogP contribution < -0.4 is 21.2 Å². The van der Waals surface area contributed by atoms with Crippen LogP contribution in [-0.4, -0.2) is 0 Å². The molecular weight excluding hydrogens is 427 g/mol. The summed E-state index contributed by atoms with van der Waals surface area (Å²) in [5, 5.41) is 6.10. The van der Waals surface area contributed by atoms with Gasteiger partial charge in [-0.2, -0.15) is 0 Å². The summed E-state index contributed by atoms with van der Waals surface area (Å²) in [4.78, 5) is 0. The van der Waals surface area contributed by atoms with E-state index in [1.54, 1.807) is 33.4 Å². The van der Waals surface area contributed by atoms with Crippen LogP contribution in [-0.2, 0) is 38.5 Å². The molecule has 0 atom stereocenters. The fourth-order valence-electron chi connectivity index (χ4n) is 6.85. The number of hydrogen-bond acceptors (Lipinski definition) is 0. The van der Waals surface area contributed by atoms with E-state index in [0.717, 1.165) is 0 Å². The largest absolute Gasteiger partial charge is 0.144 e. The lowest BCUT2D eigenvalue weighted by atomic mass is 10.1. The minimum absolute atomic E-state index is 1.23. The van der Waals surface area contributed by atoms with Crippen LogP contribution in [0.1, 0.15) is 52.6 Å². The zero-order valence-electron chi connectivity index (χ0n) is 19.9. The second kappa shape index (κ2) is 8.21. The van der Waals surface area contributed by atoms with Crippen LogP contribution in [0, 0.1) is 0 Å². The number of fused-ring (bicyclic) bond motifs is 3. The molecule has 0 unspecified atom stereocenters. The molecule has 0 N–H and O–H groups in total. The zero-order chi connectivity index (χ0) is 22.5. The number of benzene rings is 4. The standard InChI is InChI=1S/C33H32P/c1-2-13-30(14-3-1)34(31-18-15-24-7-4-10-27(24)21-31,32-19-16-25-8-5-11-28(25)22-32)33-20-17-26-9-6-12-29(26)23-33/h1-3,13-23H,4-12H2/q+1. The van der Waals surface area contributed by atoms with E-state index in [1.807, 2.05) is 0 Å². The molecule has 0 fully saturated rings. The van der Waals surface area contributed by atoms with Crippen LogP contribution in [0.4, 0.5) is 0 Å². The minimum atomic E-state index is -2.00. The Kier molecular flexibility index (Phi) is 4.99. The van der Waals surface area contributed by atoms with E-state index in [1.165, 1.54) is 79.0 Å². The molecule has 0 radical (unpaired) electrons. The van der Waals surface area contributed by atoms with E-state index in [-0.39, 0.29) is 0 Å². The van der Waals surface area contributed by atoms with Crippen molar-refractivity contribution in [1.82, 2.24) is 0 Å². The van der Waals surface area contributed by atoms with E-state index >= 15 is 0 Å². The van der Waals surface area contributed by atoms with Crippen molar-refractivity contribution in [3.05, 3.63) is 118 Å². The summed E-state index contributed by atoms with van der Waals surface area (Å²) in [6.45, 7) is 0. The Morgan fingerprint density at radius 1 is 0.353 bits per heavy atom. The molecule has 1 heteroatoms. The van der Waals surface area contributed by atoms with Gasteiger partial charge in [0.2, 0.25) is 0 Å². The van der Waals surface area contributed by atoms with Gasteiger partial charge in [-0.15, -0.1) is 0 Å². The second-order valence-electron chi connectivity index (χ2n) is 10.4. The van der Waals surface area contributed by atoms with Crippen LogP contribution in [0.2, 0.25) is 0 Å². The first kappa shape index (κ1) is 20.7. The molecule has 0 nitrogen and oxygen atoms in total. The van der Waals surface area contributed by atoms with Gasteiger partial charge in [0.05, 0.1) is 0 Å². The van der Waals surface area contributed by atoms with Crippen LogP contribution >= 0.6 is 7.26 Å². The molecule has 0 saturated carbocycles. The van der Waals surface area contributed by atoms with Crippen molar-refractivity contribution in [3.8, 4) is 0 Å². The van der Waals surface area contributed by atoms with E-state index < -0.39 is 7.26 Å². The lowest BCUT2D eigenvalue weighted by Crippen LogP contribution is -2.39. The Morgan fingerprint density at radius 3 is 1.15 bits per heavy atom. The SMILES string of the molecule is c1ccc([P+](c2ccc3c(c2)CCC3)(c2ccc3c(c2)CCC3)c2ccc3c(c2)CCC3)cc1. The van der Waals surface area contributed by atoms with Gasteiger partial charge < -0.3 is 0 Å². The summed E-state index contributed by atoms with van der Waals surface area (Å²) in [6, 6.07) is 34.1. The third-order valence-electron chi connectivity index (χ3n) is 8.55. The van der Waals surface area contributed by atoms with Crippen molar-refractivity contribution in [3.63, 3.8) is 0 Å². The Morgan fingerprint density at radius 2 is 0.735 bits per heavy atom. The highest BCUT2D eigenvalue weighted by molar-refractivity contribution is 8.01. The molecule has 0 heterocycles. The molecule has 34 heavy (non-hydrogen) atoms. The molecule has 0 amide bonds. The summed E-state index contributed by atoms with van der Waals surface area (Å²) in [6.07, 6.45) is 11.3. The second-order valence-corrected chi connectivity index (χ2v) is 13.8. The van der Waals surface area contributed by atoms with Gasteiger partial charge in [0, 0.05) is 0 Å². The number of hydrogen-bond donors (Lipinski definition) is 0. The van der Waals surface area contributed by atoms with Gasteiger partial charge in [0.15, 0.2) is 0 Å². The normalized spacial score (nSPS) is 16.4. The maximum Gasteiger partial charge on any atom is 0.144 e. The highest BCUT2D eigenvalue weighted by Crippen LogP contribution is 2.55. The third-order valence-corrected chi connectivity index (χ3v) is 12.8. The Balaban J connectivity index is 1.57. The van der Waals surface area contributed by atoms with Gasteiger partial charge in [-0.1, -0.05) is 36.4 Å². The van der Waals surface area contributed by atoms with Crippen molar-refractivity contribution in [2.45, 2.75) is 57.8 Å². The highest BCUT2D eigenvalue weighted by Gasteiger charge is 2.49. The first-order valence-corrected chi connectivity index (χ1v) is 14.9. The average molecular weight is 460 g/mol. The van der Waals surface area contributed by atoms with Gasteiger partial charge >= 0.3 is 0 Å². The van der Waals surface area contributed by atoms with Crippen LogP contribution in [0.3, 0.4) is 0 Å². The van der Waals surface area contributed by atoms with Crippen LogP contribution in [0.15, 0.2) is 84.9 Å². The maximum absolute atomic E-state index is 2.60. The fourth-order valence-corrected chi connectivity index (χ4v) is 11.2. The monoisotopic (exact) mass is 459 g/mol. The van der Waals surface area contributed by atoms with E-state index in [0.29, 0.717) is 0 Å². The number of rotatable bonds is 4. The maximum atomic E-state index is 2.60. The minimum Gasteiger partial charge on any atom is -0.0620 e. The van der Waals surface area contributed by atoms with Gasteiger partial charge in [0.25, 0.3) is 0 Å². The molecule has 0 saturated heterocycles. The smallest absolute Gasteiger partial charge is 0.0620 e. The quantitative estimate of drug-likeness (QED) is 0.340. The van der Waals surface area contributed by atoms with E-state index in [2.05, 4.69) is 84.9 Å². The predicted octanol–water partition coefficient (Wildman–Crippen LogP) is 5.77. The van der Waals surface area contributed by atoms with Crippen molar-refractivity contribution in [2.24, 2.45) is 0 Å². The molecule has 0 spiro atoms. The predicted molar refractivity (Wildman–Crippen MR) is 147 cm³/mol. The molecule has 0 bridgehead atoms. The zero-order valence-corrected chi connectivity index (χ0v) is 20.8. The first-order chi connectivity index (χ1) is 16.8. The highest BCUT2D eigenvalue weighted by atomic mass is 31.2. The van der Waals surface area contributed by atoms with Gasteiger partial charge in [-0.25, -0.2) is 0 Å². The number of aryl methyl sites for hydroxylation is 6. The lowest BCUT2D eigenvalue weighted by molar-refractivity contribution is 0.912. The lowest BCUT2D eigenvalue weighted by Gasteiger charge is -2.29.